The van der Waals surface area contributed by atoms with E-state index in [1.807, 2.05) is 30.3 Å². The van der Waals surface area contributed by atoms with Crippen LogP contribution in [-0.4, -0.2) is 92.3 Å². The van der Waals surface area contributed by atoms with Gasteiger partial charge in [-0.3, -0.25) is 9.69 Å². The van der Waals surface area contributed by atoms with E-state index in [0.29, 0.717) is 19.2 Å². The van der Waals surface area contributed by atoms with Crippen LogP contribution in [0.25, 0.3) is 11.3 Å². The molecule has 9 heteroatoms. The largest absolute Gasteiger partial charge is 0.381 e. The molecule has 0 bridgehead atoms. The van der Waals surface area contributed by atoms with Crippen LogP contribution in [0.5, 0.6) is 0 Å². The highest BCUT2D eigenvalue weighted by molar-refractivity contribution is 5.93. The van der Waals surface area contributed by atoms with Crippen LogP contribution in [0.2, 0.25) is 0 Å². The minimum Gasteiger partial charge on any atom is -0.381 e. The van der Waals surface area contributed by atoms with Crippen LogP contribution in [0.15, 0.2) is 60.8 Å². The Balaban J connectivity index is 1.14. The number of nitrogens with one attached hydrogen (secondary N) is 2. The fourth-order valence-electron chi connectivity index (χ4n) is 5.85. The second-order valence-electron chi connectivity index (χ2n) is 12.2. The molecule has 0 saturated carbocycles. The molecule has 2 aliphatic heterocycles. The fraction of sp³-hybridized carbons (Fsp3) is 0.469. The van der Waals surface area contributed by atoms with Crippen molar-refractivity contribution in [2.24, 2.45) is 11.3 Å². The second kappa shape index (κ2) is 13.0. The average Bonchev–Trinajstić information content (AvgIpc) is 3.49. The highest BCUT2D eigenvalue weighted by Crippen LogP contribution is 2.25. The molecule has 2 aromatic carbocycles. The predicted octanol–water partition coefficient (Wildman–Crippen LogP) is 4.57. The molecule has 9 nitrogen and oxygen atoms in total. The minimum absolute atomic E-state index is 0.0108. The summed E-state index contributed by atoms with van der Waals surface area (Å²) in [6.45, 7) is 12.3. The van der Waals surface area contributed by atoms with Gasteiger partial charge in [0.25, 0.3) is 0 Å². The predicted molar refractivity (Wildman–Crippen MR) is 166 cm³/mol. The van der Waals surface area contributed by atoms with Crippen LogP contribution < -0.4 is 15.5 Å². The van der Waals surface area contributed by atoms with Crippen LogP contribution in [0.3, 0.4) is 0 Å². The van der Waals surface area contributed by atoms with Crippen molar-refractivity contribution in [3.05, 3.63) is 60.8 Å². The summed E-state index contributed by atoms with van der Waals surface area (Å²) in [6.07, 6.45) is 2.53. The molecule has 1 unspecified atom stereocenters. The van der Waals surface area contributed by atoms with Gasteiger partial charge in [0.2, 0.25) is 11.9 Å². The summed E-state index contributed by atoms with van der Waals surface area (Å²) >= 11 is 0. The number of amides is 1. The third kappa shape index (κ3) is 8.03. The van der Waals surface area contributed by atoms with Gasteiger partial charge in [-0.05, 0) is 68.4 Å². The summed E-state index contributed by atoms with van der Waals surface area (Å²) in [6, 6.07) is 18.1. The zero-order valence-electron chi connectivity index (χ0n) is 24.8. The van der Waals surface area contributed by atoms with Gasteiger partial charge < -0.3 is 25.2 Å². The molecule has 3 aromatic rings. The van der Waals surface area contributed by atoms with Gasteiger partial charge in [-0.2, -0.15) is 0 Å². The molecule has 218 valence electrons. The Bertz CT molecular complexity index is 1280. The highest BCUT2D eigenvalue weighted by Gasteiger charge is 2.26. The quantitative estimate of drug-likeness (QED) is 0.375. The number of anilines is 4. The van der Waals surface area contributed by atoms with Crippen LogP contribution >= 0.6 is 0 Å². The van der Waals surface area contributed by atoms with E-state index in [1.165, 1.54) is 5.69 Å². The lowest BCUT2D eigenvalue weighted by atomic mass is 9.92. The third-order valence-corrected chi connectivity index (χ3v) is 7.66. The highest BCUT2D eigenvalue weighted by atomic mass is 16.5. The van der Waals surface area contributed by atoms with E-state index in [4.69, 9.17) is 9.72 Å². The summed E-state index contributed by atoms with van der Waals surface area (Å²) in [5, 5.41) is 6.32. The summed E-state index contributed by atoms with van der Waals surface area (Å²) in [5.74, 6) is 0.486. The van der Waals surface area contributed by atoms with Gasteiger partial charge in [0.15, 0.2) is 0 Å². The molecule has 2 aliphatic rings. The molecule has 3 heterocycles. The molecule has 2 fully saturated rings. The van der Waals surface area contributed by atoms with Gasteiger partial charge in [-0.15, -0.1) is 0 Å². The van der Waals surface area contributed by atoms with Crippen molar-refractivity contribution in [2.45, 2.75) is 20.3 Å². The molecule has 0 spiro atoms. The number of ether oxygens (including phenoxy) is 1. The van der Waals surface area contributed by atoms with Crippen molar-refractivity contribution in [1.82, 2.24) is 19.8 Å². The molecule has 41 heavy (non-hydrogen) atoms. The van der Waals surface area contributed by atoms with Crippen LogP contribution in [-0.2, 0) is 9.53 Å². The van der Waals surface area contributed by atoms with Gasteiger partial charge in [0.1, 0.15) is 0 Å². The molecular formula is C32H43N7O2. The maximum absolute atomic E-state index is 12.4. The van der Waals surface area contributed by atoms with E-state index >= 15 is 0 Å². The number of aromatic nitrogens is 2. The lowest BCUT2D eigenvalue weighted by Gasteiger charge is -2.40. The molecule has 1 amide bonds. The Labute approximate surface area is 243 Å². The summed E-state index contributed by atoms with van der Waals surface area (Å²) in [5.41, 5.74) is 5.01. The molecule has 1 aromatic heterocycles. The topological polar surface area (TPSA) is 85.9 Å². The molecule has 1 atom stereocenters. The Hall–Kier alpha value is -3.53. The number of carbonyl (C=O) groups excluding carboxylic acids is 1. The Morgan fingerprint density at radius 1 is 1.00 bits per heavy atom. The molecule has 2 N–H and O–H groups in total. The first-order valence-corrected chi connectivity index (χ1v) is 14.6. The number of carbonyl (C=O) groups is 1. The standard InChI is InChI=1S/C32H43N7O2/c1-32(2,22-37(3)4)23-38-16-18-39(19-17-38)28-11-9-27(10-12-28)35-31-33-15-13-29(36-31)24-5-7-26(8-6-24)34-30(40)25-14-20-41-21-25/h5-13,15,25H,14,16-23H2,1-4H3,(H,34,40)(H,33,35,36). The number of hydrogen-bond donors (Lipinski definition) is 2. The van der Waals surface area contributed by atoms with Crippen molar-refractivity contribution in [3.63, 3.8) is 0 Å². The van der Waals surface area contributed by atoms with Gasteiger partial charge in [0.05, 0.1) is 18.2 Å². The molecule has 0 aliphatic carbocycles. The van der Waals surface area contributed by atoms with Crippen molar-refractivity contribution in [1.29, 1.82) is 0 Å². The maximum atomic E-state index is 12.4. The minimum atomic E-state index is -0.0693. The summed E-state index contributed by atoms with van der Waals surface area (Å²) in [7, 11) is 4.30. The van der Waals surface area contributed by atoms with Gasteiger partial charge >= 0.3 is 0 Å². The monoisotopic (exact) mass is 557 g/mol. The number of hydrogen-bond acceptors (Lipinski definition) is 8. The lowest BCUT2D eigenvalue weighted by molar-refractivity contribution is -0.119. The average molecular weight is 558 g/mol. The maximum Gasteiger partial charge on any atom is 0.229 e. The Morgan fingerprint density at radius 2 is 1.71 bits per heavy atom. The van der Waals surface area contributed by atoms with E-state index in [0.717, 1.165) is 68.3 Å². The third-order valence-electron chi connectivity index (χ3n) is 7.66. The van der Waals surface area contributed by atoms with Crippen molar-refractivity contribution >= 4 is 28.9 Å². The Morgan fingerprint density at radius 3 is 2.37 bits per heavy atom. The number of nitrogens with zero attached hydrogens (tertiary/aromatic N) is 5. The van der Waals surface area contributed by atoms with Gasteiger partial charge in [0, 0.05) is 74.7 Å². The van der Waals surface area contributed by atoms with Gasteiger partial charge in [-0.1, -0.05) is 26.0 Å². The first-order valence-electron chi connectivity index (χ1n) is 14.6. The second-order valence-corrected chi connectivity index (χ2v) is 12.2. The van der Waals surface area contributed by atoms with E-state index in [-0.39, 0.29) is 17.2 Å². The first kappa shape index (κ1) is 29.0. The number of rotatable bonds is 10. The molecule has 0 radical (unpaired) electrons. The van der Waals surface area contributed by atoms with Crippen molar-refractivity contribution in [3.8, 4) is 11.3 Å². The number of piperazine rings is 1. The molecular weight excluding hydrogens is 514 g/mol. The van der Waals surface area contributed by atoms with E-state index < -0.39 is 0 Å². The summed E-state index contributed by atoms with van der Waals surface area (Å²) < 4.78 is 5.32. The van der Waals surface area contributed by atoms with E-state index in [1.54, 1.807) is 6.20 Å². The SMILES string of the molecule is CN(C)CC(C)(C)CN1CCN(c2ccc(Nc3nccc(-c4ccc(NC(=O)C5CCOC5)cc4)n3)cc2)CC1. The van der Waals surface area contributed by atoms with E-state index in [9.17, 15) is 4.79 Å². The lowest BCUT2D eigenvalue weighted by Crippen LogP contribution is -2.50. The zero-order valence-corrected chi connectivity index (χ0v) is 24.8. The van der Waals surface area contributed by atoms with E-state index in [2.05, 4.69) is 82.5 Å². The Kier molecular flexibility index (Phi) is 9.17. The van der Waals surface area contributed by atoms with Crippen LogP contribution in [0.4, 0.5) is 23.0 Å². The normalized spacial score (nSPS) is 18.1. The van der Waals surface area contributed by atoms with Crippen molar-refractivity contribution in [2.75, 3.05) is 82.1 Å². The van der Waals surface area contributed by atoms with Crippen molar-refractivity contribution < 1.29 is 9.53 Å². The zero-order chi connectivity index (χ0) is 28.8. The molecule has 2 saturated heterocycles. The van der Waals surface area contributed by atoms with Gasteiger partial charge in [-0.25, -0.2) is 9.97 Å². The molecule has 5 rings (SSSR count). The fourth-order valence-corrected chi connectivity index (χ4v) is 5.85. The summed E-state index contributed by atoms with van der Waals surface area (Å²) in [4.78, 5) is 28.8. The first-order chi connectivity index (χ1) is 19.7. The smallest absolute Gasteiger partial charge is 0.229 e. The number of benzene rings is 2. The van der Waals surface area contributed by atoms with Crippen LogP contribution in [0.1, 0.15) is 20.3 Å². The van der Waals surface area contributed by atoms with Crippen LogP contribution in [0, 0.1) is 11.3 Å².